The van der Waals surface area contributed by atoms with Crippen LogP contribution in [0.15, 0.2) is 0 Å². The van der Waals surface area contributed by atoms with Gasteiger partial charge in [-0.3, -0.25) is 4.68 Å². The van der Waals surface area contributed by atoms with Crippen LogP contribution in [-0.2, 0) is 18.2 Å². The molecule has 114 valence electrons. The van der Waals surface area contributed by atoms with E-state index in [1.54, 1.807) is 4.68 Å². The Morgan fingerprint density at radius 3 is 2.60 bits per heavy atom. The maximum Gasteiger partial charge on any atom is 0.130 e. The molecule has 0 aliphatic carbocycles. The normalized spacial score (nSPS) is 23.5. The van der Waals surface area contributed by atoms with Crippen molar-refractivity contribution in [3.05, 3.63) is 16.4 Å². The molecule has 0 saturated carbocycles. The molecule has 2 heterocycles. The summed E-state index contributed by atoms with van der Waals surface area (Å²) in [5.41, 5.74) is 2.43. The summed E-state index contributed by atoms with van der Waals surface area (Å²) in [6.07, 6.45) is 2.00. The Labute approximate surface area is 126 Å². The maximum atomic E-state index is 6.38. The van der Waals surface area contributed by atoms with Crippen molar-refractivity contribution < 1.29 is 4.74 Å². The van der Waals surface area contributed by atoms with Crippen molar-refractivity contribution in [2.75, 3.05) is 19.8 Å². The molecule has 4 nitrogen and oxygen atoms in total. The molecule has 0 bridgehead atoms. The Balaban J connectivity index is 2.17. The molecule has 0 aromatic carbocycles. The van der Waals surface area contributed by atoms with E-state index >= 15 is 0 Å². The topological polar surface area (TPSA) is 39.1 Å². The fourth-order valence-electron chi connectivity index (χ4n) is 2.69. The minimum atomic E-state index is 0.114. The Bertz CT molecular complexity index is 470. The largest absolute Gasteiger partial charge is 0.381 e. The van der Waals surface area contributed by atoms with Gasteiger partial charge in [-0.05, 0) is 40.5 Å². The van der Waals surface area contributed by atoms with Crippen LogP contribution in [0.1, 0.15) is 38.4 Å². The van der Waals surface area contributed by atoms with Gasteiger partial charge in [0, 0.05) is 36.7 Å². The van der Waals surface area contributed by atoms with Crippen LogP contribution in [0.3, 0.4) is 0 Å². The van der Waals surface area contributed by atoms with Gasteiger partial charge < -0.3 is 10.1 Å². The van der Waals surface area contributed by atoms with E-state index in [4.69, 9.17) is 16.3 Å². The molecular weight excluding hydrogens is 274 g/mol. The van der Waals surface area contributed by atoms with Gasteiger partial charge in [-0.25, -0.2) is 0 Å². The van der Waals surface area contributed by atoms with Crippen LogP contribution in [-0.4, -0.2) is 35.1 Å². The van der Waals surface area contributed by atoms with Crippen LogP contribution in [0, 0.1) is 12.3 Å². The number of hydrogen-bond donors (Lipinski definition) is 1. The monoisotopic (exact) mass is 299 g/mol. The van der Waals surface area contributed by atoms with Crippen LogP contribution < -0.4 is 5.32 Å². The second kappa shape index (κ2) is 5.66. The van der Waals surface area contributed by atoms with Crippen LogP contribution >= 0.6 is 11.6 Å². The zero-order chi connectivity index (χ0) is 15.0. The first-order valence-electron chi connectivity index (χ1n) is 7.23. The quantitative estimate of drug-likeness (QED) is 0.929. The van der Waals surface area contributed by atoms with Crippen LogP contribution in [0.25, 0.3) is 0 Å². The molecule has 1 aliphatic heterocycles. The van der Waals surface area contributed by atoms with Crippen molar-refractivity contribution in [1.29, 1.82) is 0 Å². The molecule has 1 atom stereocenters. The van der Waals surface area contributed by atoms with E-state index in [-0.39, 0.29) is 11.0 Å². The smallest absolute Gasteiger partial charge is 0.130 e. The molecule has 1 N–H and O–H groups in total. The highest BCUT2D eigenvalue weighted by Gasteiger charge is 2.37. The predicted molar refractivity (Wildman–Crippen MR) is 82.3 cm³/mol. The third-order valence-corrected chi connectivity index (χ3v) is 4.47. The standard InChI is InChI=1S/C15H26ClN3O/c1-11-12(13(16)19(5)18-11)8-15(6-7-20-10-15)9-17-14(2,3)4/h17H,6-10H2,1-5H3. The lowest BCUT2D eigenvalue weighted by atomic mass is 9.80. The Kier molecular flexibility index (Phi) is 4.47. The number of nitrogens with one attached hydrogen (secondary N) is 1. The van der Waals surface area contributed by atoms with E-state index in [0.717, 1.165) is 49.0 Å². The summed E-state index contributed by atoms with van der Waals surface area (Å²) in [7, 11) is 1.89. The van der Waals surface area contributed by atoms with Gasteiger partial charge in [-0.2, -0.15) is 5.10 Å². The zero-order valence-electron chi connectivity index (χ0n) is 13.2. The van der Waals surface area contributed by atoms with Gasteiger partial charge in [-0.15, -0.1) is 0 Å². The molecule has 1 saturated heterocycles. The van der Waals surface area contributed by atoms with Crippen molar-refractivity contribution in [3.8, 4) is 0 Å². The van der Waals surface area contributed by atoms with Gasteiger partial charge in [0.2, 0.25) is 0 Å². The maximum absolute atomic E-state index is 6.38. The van der Waals surface area contributed by atoms with Crippen molar-refractivity contribution in [3.63, 3.8) is 0 Å². The van der Waals surface area contributed by atoms with Gasteiger partial charge in [-0.1, -0.05) is 11.6 Å². The van der Waals surface area contributed by atoms with E-state index in [0.29, 0.717) is 0 Å². The third kappa shape index (κ3) is 3.54. The second-order valence-electron chi connectivity index (χ2n) is 7.06. The van der Waals surface area contributed by atoms with E-state index in [1.807, 2.05) is 14.0 Å². The molecule has 1 aromatic heterocycles. The average Bonchev–Trinajstić information content (AvgIpc) is 2.89. The lowest BCUT2D eigenvalue weighted by Gasteiger charge is -2.32. The summed E-state index contributed by atoms with van der Waals surface area (Å²) in [4.78, 5) is 0. The van der Waals surface area contributed by atoms with E-state index < -0.39 is 0 Å². The third-order valence-electron chi connectivity index (χ3n) is 4.00. The fraction of sp³-hybridized carbons (Fsp3) is 0.800. The molecule has 0 amide bonds. The molecule has 0 spiro atoms. The van der Waals surface area contributed by atoms with Gasteiger partial charge >= 0.3 is 0 Å². The average molecular weight is 300 g/mol. The first-order valence-corrected chi connectivity index (χ1v) is 7.61. The lowest BCUT2D eigenvalue weighted by Crippen LogP contribution is -2.45. The molecule has 1 aromatic rings. The summed E-state index contributed by atoms with van der Waals surface area (Å²) in [5.74, 6) is 0. The van der Waals surface area contributed by atoms with Gasteiger partial charge in [0.1, 0.15) is 5.15 Å². The van der Waals surface area contributed by atoms with Crippen LogP contribution in [0.4, 0.5) is 0 Å². The van der Waals surface area contributed by atoms with E-state index in [9.17, 15) is 0 Å². The SMILES string of the molecule is Cc1nn(C)c(Cl)c1CC1(CNC(C)(C)C)CCOC1. The Morgan fingerprint density at radius 2 is 2.15 bits per heavy atom. The van der Waals surface area contributed by atoms with Crippen LogP contribution in [0.5, 0.6) is 0 Å². The molecule has 20 heavy (non-hydrogen) atoms. The number of halogens is 1. The summed E-state index contributed by atoms with van der Waals surface area (Å²) >= 11 is 6.38. The second-order valence-corrected chi connectivity index (χ2v) is 7.42. The highest BCUT2D eigenvalue weighted by molar-refractivity contribution is 6.30. The number of nitrogens with zero attached hydrogens (tertiary/aromatic N) is 2. The number of aryl methyl sites for hydroxylation is 2. The minimum absolute atomic E-state index is 0.114. The first kappa shape index (κ1) is 15.8. The Morgan fingerprint density at radius 1 is 1.45 bits per heavy atom. The summed E-state index contributed by atoms with van der Waals surface area (Å²) in [6.45, 7) is 11.2. The van der Waals surface area contributed by atoms with Gasteiger partial charge in [0.15, 0.2) is 0 Å². The number of hydrogen-bond acceptors (Lipinski definition) is 3. The van der Waals surface area contributed by atoms with E-state index in [2.05, 4.69) is 31.2 Å². The molecule has 5 heteroatoms. The number of ether oxygens (including phenoxy) is 1. The van der Waals surface area contributed by atoms with E-state index in [1.165, 1.54) is 0 Å². The predicted octanol–water partition coefficient (Wildman–Crippen LogP) is 2.72. The molecule has 1 aliphatic rings. The number of rotatable bonds is 4. The van der Waals surface area contributed by atoms with Crippen molar-refractivity contribution in [1.82, 2.24) is 15.1 Å². The van der Waals surface area contributed by atoms with Crippen molar-refractivity contribution >= 4 is 11.6 Å². The molecule has 1 fully saturated rings. The summed E-state index contributed by atoms with van der Waals surface area (Å²) in [5, 5.41) is 8.79. The molecular formula is C15H26ClN3O. The van der Waals surface area contributed by atoms with Gasteiger partial charge in [0.25, 0.3) is 0 Å². The Hall–Kier alpha value is -0.580. The molecule has 1 unspecified atom stereocenters. The highest BCUT2D eigenvalue weighted by atomic mass is 35.5. The lowest BCUT2D eigenvalue weighted by molar-refractivity contribution is 0.144. The summed E-state index contributed by atoms with van der Waals surface area (Å²) < 4.78 is 7.43. The fourth-order valence-corrected chi connectivity index (χ4v) is 2.93. The van der Waals surface area contributed by atoms with Gasteiger partial charge in [0.05, 0.1) is 12.3 Å². The van der Waals surface area contributed by atoms with Crippen molar-refractivity contribution in [2.45, 2.75) is 46.1 Å². The van der Waals surface area contributed by atoms with Crippen LogP contribution in [0.2, 0.25) is 5.15 Å². The molecule has 0 radical (unpaired) electrons. The number of aromatic nitrogens is 2. The highest BCUT2D eigenvalue weighted by Crippen LogP contribution is 2.35. The summed E-state index contributed by atoms with van der Waals surface area (Å²) in [6, 6.07) is 0. The molecule has 2 rings (SSSR count). The van der Waals surface area contributed by atoms with Crippen molar-refractivity contribution in [2.24, 2.45) is 12.5 Å². The first-order chi connectivity index (χ1) is 9.22. The zero-order valence-corrected chi connectivity index (χ0v) is 14.0. The minimum Gasteiger partial charge on any atom is -0.381 e.